The van der Waals surface area contributed by atoms with Crippen LogP contribution in [0.4, 0.5) is 5.69 Å². The van der Waals surface area contributed by atoms with E-state index in [0.717, 1.165) is 31.2 Å². The van der Waals surface area contributed by atoms with Crippen LogP contribution in [-0.2, 0) is 0 Å². The summed E-state index contributed by atoms with van der Waals surface area (Å²) in [6.45, 7) is 11.1. The Morgan fingerprint density at radius 3 is 2.89 bits per heavy atom. The molecular formula is C15H23ClN2. The fraction of sp³-hybridized carbons (Fsp3) is 0.600. The van der Waals surface area contributed by atoms with Gasteiger partial charge in [0.15, 0.2) is 0 Å². The Kier molecular flexibility index (Phi) is 4.18. The van der Waals surface area contributed by atoms with Crippen molar-refractivity contribution < 1.29 is 0 Å². The topological polar surface area (TPSA) is 15.3 Å². The lowest BCUT2D eigenvalue weighted by Gasteiger charge is -2.37. The van der Waals surface area contributed by atoms with Crippen molar-refractivity contribution in [3.63, 3.8) is 0 Å². The molecule has 2 nitrogen and oxygen atoms in total. The summed E-state index contributed by atoms with van der Waals surface area (Å²) in [5.74, 6) is 0. The van der Waals surface area contributed by atoms with Gasteiger partial charge in [-0.1, -0.05) is 31.5 Å². The van der Waals surface area contributed by atoms with Crippen molar-refractivity contribution in [1.29, 1.82) is 0 Å². The molecule has 3 heteroatoms. The normalized spacial score (nSPS) is 20.3. The molecule has 0 radical (unpaired) electrons. The van der Waals surface area contributed by atoms with Gasteiger partial charge in [0, 0.05) is 30.3 Å². The quantitative estimate of drug-likeness (QED) is 0.837. The molecule has 1 saturated heterocycles. The molecule has 0 aromatic heterocycles. The van der Waals surface area contributed by atoms with Crippen LogP contribution in [-0.4, -0.2) is 26.2 Å². The zero-order valence-corrected chi connectivity index (χ0v) is 12.3. The molecule has 0 amide bonds. The minimum Gasteiger partial charge on any atom is -0.371 e. The third kappa shape index (κ3) is 3.18. The Balaban J connectivity index is 2.26. The molecule has 18 heavy (non-hydrogen) atoms. The standard InChI is InChI=1S/C15H23ClN2/c1-12-13(16)6-4-7-14(12)18-9-5-8-17-10-15(2,3)11-18/h4,6-7,17H,5,8-11H2,1-3H3. The van der Waals surface area contributed by atoms with Gasteiger partial charge in [0.25, 0.3) is 0 Å². The molecule has 0 unspecified atom stereocenters. The summed E-state index contributed by atoms with van der Waals surface area (Å²) in [5, 5.41) is 4.39. The first-order chi connectivity index (χ1) is 8.49. The minimum absolute atomic E-state index is 0.287. The van der Waals surface area contributed by atoms with E-state index in [-0.39, 0.29) is 5.41 Å². The smallest absolute Gasteiger partial charge is 0.0455 e. The predicted octanol–water partition coefficient (Wildman–Crippen LogP) is 3.47. The number of hydrogen-bond acceptors (Lipinski definition) is 2. The number of rotatable bonds is 1. The second kappa shape index (κ2) is 5.50. The SMILES string of the molecule is Cc1c(Cl)cccc1N1CCCNCC(C)(C)C1. The molecule has 1 fully saturated rings. The van der Waals surface area contributed by atoms with Crippen LogP contribution < -0.4 is 10.2 Å². The molecule has 1 heterocycles. The Morgan fingerprint density at radius 2 is 2.11 bits per heavy atom. The first-order valence-corrected chi connectivity index (χ1v) is 7.08. The van der Waals surface area contributed by atoms with Crippen LogP contribution in [0, 0.1) is 12.3 Å². The highest BCUT2D eigenvalue weighted by molar-refractivity contribution is 6.31. The molecule has 0 atom stereocenters. The van der Waals surface area contributed by atoms with E-state index in [2.05, 4.69) is 43.1 Å². The van der Waals surface area contributed by atoms with Crippen LogP contribution in [0.3, 0.4) is 0 Å². The summed E-state index contributed by atoms with van der Waals surface area (Å²) in [6, 6.07) is 6.21. The van der Waals surface area contributed by atoms with Gasteiger partial charge in [0.2, 0.25) is 0 Å². The zero-order valence-electron chi connectivity index (χ0n) is 11.6. The summed E-state index contributed by atoms with van der Waals surface area (Å²) in [4.78, 5) is 2.49. The van der Waals surface area contributed by atoms with E-state index in [9.17, 15) is 0 Å². The van der Waals surface area contributed by atoms with Crippen LogP contribution in [0.5, 0.6) is 0 Å². The second-order valence-electron chi connectivity index (χ2n) is 6.00. The van der Waals surface area contributed by atoms with Crippen LogP contribution in [0.1, 0.15) is 25.8 Å². The molecule has 0 spiro atoms. The molecule has 100 valence electrons. The van der Waals surface area contributed by atoms with Gasteiger partial charge < -0.3 is 10.2 Å². The highest BCUT2D eigenvalue weighted by atomic mass is 35.5. The molecule has 1 aliphatic rings. The summed E-state index contributed by atoms with van der Waals surface area (Å²) in [5.41, 5.74) is 2.77. The number of anilines is 1. The number of nitrogens with one attached hydrogen (secondary N) is 1. The molecule has 2 rings (SSSR count). The fourth-order valence-corrected chi connectivity index (χ4v) is 2.79. The number of nitrogens with zero attached hydrogens (tertiary/aromatic N) is 1. The number of hydrogen-bond donors (Lipinski definition) is 1. The van der Waals surface area contributed by atoms with Gasteiger partial charge in [-0.15, -0.1) is 0 Å². The average Bonchev–Trinajstić information content (AvgIpc) is 2.28. The van der Waals surface area contributed by atoms with Gasteiger partial charge in [0.1, 0.15) is 0 Å². The zero-order chi connectivity index (χ0) is 13.2. The molecule has 1 aromatic rings. The lowest BCUT2D eigenvalue weighted by Crippen LogP contribution is -2.44. The third-order valence-electron chi connectivity index (χ3n) is 3.58. The molecule has 0 saturated carbocycles. The van der Waals surface area contributed by atoms with E-state index in [4.69, 9.17) is 11.6 Å². The monoisotopic (exact) mass is 266 g/mol. The Bertz CT molecular complexity index is 415. The van der Waals surface area contributed by atoms with Crippen LogP contribution in [0.25, 0.3) is 0 Å². The van der Waals surface area contributed by atoms with Gasteiger partial charge in [-0.2, -0.15) is 0 Å². The maximum atomic E-state index is 6.24. The van der Waals surface area contributed by atoms with Gasteiger partial charge in [0.05, 0.1) is 0 Å². The van der Waals surface area contributed by atoms with Crippen molar-refractivity contribution in [3.05, 3.63) is 28.8 Å². The van der Waals surface area contributed by atoms with Gasteiger partial charge in [-0.25, -0.2) is 0 Å². The highest BCUT2D eigenvalue weighted by Gasteiger charge is 2.24. The van der Waals surface area contributed by atoms with E-state index in [1.54, 1.807) is 0 Å². The summed E-state index contributed by atoms with van der Waals surface area (Å²) in [6.07, 6.45) is 1.18. The first-order valence-electron chi connectivity index (χ1n) is 6.70. The molecule has 0 bridgehead atoms. The Hall–Kier alpha value is -0.730. The summed E-state index contributed by atoms with van der Waals surface area (Å²) < 4.78 is 0. The number of benzene rings is 1. The van der Waals surface area contributed by atoms with Crippen molar-refractivity contribution in [1.82, 2.24) is 5.32 Å². The molecule has 1 aromatic carbocycles. The van der Waals surface area contributed by atoms with Crippen molar-refractivity contribution in [2.75, 3.05) is 31.1 Å². The second-order valence-corrected chi connectivity index (χ2v) is 6.41. The van der Waals surface area contributed by atoms with E-state index in [1.807, 2.05) is 6.07 Å². The molecular weight excluding hydrogens is 244 g/mol. The van der Waals surface area contributed by atoms with Crippen molar-refractivity contribution in [2.45, 2.75) is 27.2 Å². The van der Waals surface area contributed by atoms with E-state index < -0.39 is 0 Å². The minimum atomic E-state index is 0.287. The van der Waals surface area contributed by atoms with Crippen LogP contribution >= 0.6 is 11.6 Å². The van der Waals surface area contributed by atoms with E-state index in [1.165, 1.54) is 17.7 Å². The van der Waals surface area contributed by atoms with Crippen LogP contribution in [0.2, 0.25) is 5.02 Å². The number of halogens is 1. The van der Waals surface area contributed by atoms with Crippen molar-refractivity contribution in [2.24, 2.45) is 5.41 Å². The third-order valence-corrected chi connectivity index (χ3v) is 3.99. The van der Waals surface area contributed by atoms with Crippen LogP contribution in [0.15, 0.2) is 18.2 Å². The molecule has 1 N–H and O–H groups in total. The lowest BCUT2D eigenvalue weighted by molar-refractivity contribution is 0.325. The van der Waals surface area contributed by atoms with Crippen molar-refractivity contribution >= 4 is 17.3 Å². The van der Waals surface area contributed by atoms with Gasteiger partial charge in [-0.3, -0.25) is 0 Å². The lowest BCUT2D eigenvalue weighted by atomic mass is 9.91. The van der Waals surface area contributed by atoms with E-state index >= 15 is 0 Å². The largest absolute Gasteiger partial charge is 0.371 e. The molecule has 0 aliphatic carbocycles. The Labute approximate surface area is 115 Å². The van der Waals surface area contributed by atoms with Crippen molar-refractivity contribution in [3.8, 4) is 0 Å². The maximum Gasteiger partial charge on any atom is 0.0455 e. The highest BCUT2D eigenvalue weighted by Crippen LogP contribution is 2.29. The van der Waals surface area contributed by atoms with Gasteiger partial charge >= 0.3 is 0 Å². The summed E-state index contributed by atoms with van der Waals surface area (Å²) >= 11 is 6.24. The molecule has 1 aliphatic heterocycles. The Morgan fingerprint density at radius 1 is 1.33 bits per heavy atom. The fourth-order valence-electron chi connectivity index (χ4n) is 2.62. The first kappa shape index (κ1) is 13.7. The van der Waals surface area contributed by atoms with Gasteiger partial charge in [-0.05, 0) is 43.0 Å². The average molecular weight is 267 g/mol. The summed E-state index contributed by atoms with van der Waals surface area (Å²) in [7, 11) is 0. The predicted molar refractivity (Wildman–Crippen MR) is 79.7 cm³/mol. The maximum absolute atomic E-state index is 6.24. The van der Waals surface area contributed by atoms with E-state index in [0.29, 0.717) is 0 Å².